The number of esters is 1. The van der Waals surface area contributed by atoms with Gasteiger partial charge in [0.1, 0.15) is 11.5 Å². The van der Waals surface area contributed by atoms with E-state index in [2.05, 4.69) is 15.9 Å². The predicted molar refractivity (Wildman–Crippen MR) is 130 cm³/mol. The SMILES string of the molecule is CCOC(=O)COc1ccc(Br)cc1/C=C1/SC(=S)N(c2ccc(OC)c(Cl)c2)C1=O. The quantitative estimate of drug-likeness (QED) is 0.262. The van der Waals surface area contributed by atoms with Gasteiger partial charge in [-0.05, 0) is 49.4 Å². The molecule has 0 atom stereocenters. The minimum atomic E-state index is -0.473. The van der Waals surface area contributed by atoms with Gasteiger partial charge < -0.3 is 14.2 Å². The lowest BCUT2D eigenvalue weighted by Crippen LogP contribution is -2.27. The second-order valence-corrected chi connectivity index (χ2v) is 9.11. The van der Waals surface area contributed by atoms with E-state index in [1.807, 2.05) is 0 Å². The Morgan fingerprint density at radius 3 is 2.68 bits per heavy atom. The molecular weight excluding hydrogens is 526 g/mol. The van der Waals surface area contributed by atoms with E-state index in [0.717, 1.165) is 4.47 Å². The first kappa shape index (κ1) is 23.6. The highest BCUT2D eigenvalue weighted by molar-refractivity contribution is 9.10. The summed E-state index contributed by atoms with van der Waals surface area (Å²) in [5, 5.41) is 0.375. The number of halogens is 2. The molecule has 1 heterocycles. The van der Waals surface area contributed by atoms with Gasteiger partial charge >= 0.3 is 5.97 Å². The Labute approximate surface area is 202 Å². The molecular formula is C21H17BrClNO5S2. The summed E-state index contributed by atoms with van der Waals surface area (Å²) in [5.74, 6) is 0.185. The van der Waals surface area contributed by atoms with Gasteiger partial charge in [-0.2, -0.15) is 0 Å². The maximum absolute atomic E-state index is 13.1. The molecule has 3 rings (SSSR count). The summed E-state index contributed by atoms with van der Waals surface area (Å²) in [6.45, 7) is 1.76. The molecule has 0 bridgehead atoms. The summed E-state index contributed by atoms with van der Waals surface area (Å²) in [6, 6.07) is 10.3. The third-order valence-electron chi connectivity index (χ3n) is 4.10. The fourth-order valence-corrected chi connectivity index (χ4v) is 4.65. The van der Waals surface area contributed by atoms with Crippen LogP contribution in [0.4, 0.5) is 5.69 Å². The second kappa shape index (κ2) is 10.5. The number of amides is 1. The van der Waals surface area contributed by atoms with Gasteiger partial charge in [0.2, 0.25) is 0 Å². The van der Waals surface area contributed by atoms with E-state index in [4.69, 9.17) is 38.0 Å². The summed E-state index contributed by atoms with van der Waals surface area (Å²) < 4.78 is 16.8. The van der Waals surface area contributed by atoms with Gasteiger partial charge in [0.05, 0.1) is 29.3 Å². The molecule has 0 saturated carbocycles. The first-order valence-electron chi connectivity index (χ1n) is 9.03. The monoisotopic (exact) mass is 541 g/mol. The van der Waals surface area contributed by atoms with E-state index < -0.39 is 5.97 Å². The lowest BCUT2D eigenvalue weighted by Gasteiger charge is -2.15. The zero-order valence-electron chi connectivity index (χ0n) is 16.5. The Morgan fingerprint density at radius 1 is 1.26 bits per heavy atom. The van der Waals surface area contributed by atoms with Gasteiger partial charge in [-0.15, -0.1) is 0 Å². The minimum absolute atomic E-state index is 0.235. The lowest BCUT2D eigenvalue weighted by molar-refractivity contribution is -0.145. The highest BCUT2D eigenvalue weighted by atomic mass is 79.9. The predicted octanol–water partition coefficient (Wildman–Crippen LogP) is 5.46. The Morgan fingerprint density at radius 2 is 2.00 bits per heavy atom. The zero-order valence-corrected chi connectivity index (χ0v) is 20.5. The molecule has 10 heteroatoms. The van der Waals surface area contributed by atoms with Crippen LogP contribution in [0.2, 0.25) is 5.02 Å². The van der Waals surface area contributed by atoms with Crippen LogP contribution >= 0.6 is 51.5 Å². The summed E-state index contributed by atoms with van der Waals surface area (Å²) in [4.78, 5) is 26.5. The summed E-state index contributed by atoms with van der Waals surface area (Å²) in [5.41, 5.74) is 1.16. The number of anilines is 1. The molecule has 0 radical (unpaired) electrons. The van der Waals surface area contributed by atoms with Crippen molar-refractivity contribution in [2.75, 3.05) is 25.2 Å². The Balaban J connectivity index is 1.88. The first-order chi connectivity index (χ1) is 14.8. The van der Waals surface area contributed by atoms with E-state index in [-0.39, 0.29) is 19.1 Å². The van der Waals surface area contributed by atoms with E-state index in [9.17, 15) is 9.59 Å². The number of ether oxygens (including phenoxy) is 3. The van der Waals surface area contributed by atoms with Crippen LogP contribution in [-0.4, -0.2) is 36.5 Å². The molecule has 0 unspecified atom stereocenters. The molecule has 31 heavy (non-hydrogen) atoms. The molecule has 0 aromatic heterocycles. The third-order valence-corrected chi connectivity index (χ3v) is 6.19. The summed E-state index contributed by atoms with van der Waals surface area (Å²) in [7, 11) is 1.52. The Hall–Kier alpha value is -2.07. The van der Waals surface area contributed by atoms with Crippen LogP contribution in [0.1, 0.15) is 12.5 Å². The highest BCUT2D eigenvalue weighted by Gasteiger charge is 2.34. The number of carbonyl (C=O) groups is 2. The average Bonchev–Trinajstić information content (AvgIpc) is 3.00. The van der Waals surface area contributed by atoms with Gasteiger partial charge in [0, 0.05) is 10.0 Å². The molecule has 0 aliphatic carbocycles. The van der Waals surface area contributed by atoms with E-state index >= 15 is 0 Å². The number of carbonyl (C=O) groups excluding carboxylic acids is 2. The van der Waals surface area contributed by atoms with Crippen LogP contribution in [0, 0.1) is 0 Å². The number of thiocarbonyl (C=S) groups is 1. The number of methoxy groups -OCH3 is 1. The van der Waals surface area contributed by atoms with Gasteiger partial charge in [-0.3, -0.25) is 9.69 Å². The largest absolute Gasteiger partial charge is 0.495 e. The van der Waals surface area contributed by atoms with Gasteiger partial charge in [-0.1, -0.05) is 51.5 Å². The van der Waals surface area contributed by atoms with Crippen LogP contribution in [0.3, 0.4) is 0 Å². The number of hydrogen-bond acceptors (Lipinski definition) is 7. The van der Waals surface area contributed by atoms with Crippen molar-refractivity contribution in [3.8, 4) is 11.5 Å². The molecule has 1 saturated heterocycles. The number of nitrogens with zero attached hydrogens (tertiary/aromatic N) is 1. The van der Waals surface area contributed by atoms with Crippen molar-refractivity contribution in [1.82, 2.24) is 0 Å². The molecule has 0 spiro atoms. The number of benzene rings is 2. The van der Waals surface area contributed by atoms with E-state index in [0.29, 0.717) is 37.0 Å². The fourth-order valence-electron chi connectivity index (χ4n) is 2.73. The molecule has 2 aromatic rings. The molecule has 162 valence electrons. The minimum Gasteiger partial charge on any atom is -0.495 e. The Bertz CT molecular complexity index is 1080. The number of hydrogen-bond donors (Lipinski definition) is 0. The first-order valence-corrected chi connectivity index (χ1v) is 11.4. The number of thioether (sulfide) groups is 1. The maximum atomic E-state index is 13.1. The van der Waals surface area contributed by atoms with Crippen LogP contribution < -0.4 is 14.4 Å². The molecule has 6 nitrogen and oxygen atoms in total. The summed E-state index contributed by atoms with van der Waals surface area (Å²) >= 11 is 16.2. The van der Waals surface area contributed by atoms with E-state index in [1.54, 1.807) is 49.4 Å². The smallest absolute Gasteiger partial charge is 0.344 e. The molecule has 1 aliphatic rings. The topological polar surface area (TPSA) is 65.1 Å². The average molecular weight is 543 g/mol. The van der Waals surface area contributed by atoms with Crippen molar-refractivity contribution in [2.45, 2.75) is 6.92 Å². The molecule has 0 N–H and O–H groups in total. The van der Waals surface area contributed by atoms with Crippen molar-refractivity contribution in [1.29, 1.82) is 0 Å². The van der Waals surface area contributed by atoms with Crippen molar-refractivity contribution in [3.05, 3.63) is 56.4 Å². The normalized spacial score (nSPS) is 14.8. The molecule has 2 aromatic carbocycles. The second-order valence-electron chi connectivity index (χ2n) is 6.11. The summed E-state index contributed by atoms with van der Waals surface area (Å²) in [6.07, 6.45) is 1.68. The zero-order chi connectivity index (χ0) is 22.5. The van der Waals surface area contributed by atoms with Gasteiger partial charge in [0.25, 0.3) is 5.91 Å². The van der Waals surface area contributed by atoms with Crippen molar-refractivity contribution < 1.29 is 23.8 Å². The standard InChI is InChI=1S/C21H17BrClNO5S2/c1-3-28-19(25)11-29-16-6-4-13(22)8-12(16)9-18-20(26)24(21(30)31-18)14-5-7-17(27-2)15(23)10-14/h4-10H,3,11H2,1-2H3/b18-9+. The fraction of sp³-hybridized carbons (Fsp3) is 0.190. The van der Waals surface area contributed by atoms with Gasteiger partial charge in [-0.25, -0.2) is 4.79 Å². The van der Waals surface area contributed by atoms with Gasteiger partial charge in [0.15, 0.2) is 10.9 Å². The van der Waals surface area contributed by atoms with Crippen LogP contribution in [0.15, 0.2) is 45.8 Å². The molecule has 1 amide bonds. The van der Waals surface area contributed by atoms with Crippen molar-refractivity contribution in [3.63, 3.8) is 0 Å². The third kappa shape index (κ3) is 5.60. The lowest BCUT2D eigenvalue weighted by atomic mass is 10.2. The van der Waals surface area contributed by atoms with Crippen LogP contribution in [-0.2, 0) is 14.3 Å². The van der Waals surface area contributed by atoms with Crippen LogP contribution in [0.25, 0.3) is 6.08 Å². The van der Waals surface area contributed by atoms with Crippen molar-refractivity contribution >= 4 is 79.5 Å². The van der Waals surface area contributed by atoms with Crippen LogP contribution in [0.5, 0.6) is 11.5 Å². The maximum Gasteiger partial charge on any atom is 0.344 e. The highest BCUT2D eigenvalue weighted by Crippen LogP contribution is 2.39. The molecule has 1 fully saturated rings. The van der Waals surface area contributed by atoms with E-state index in [1.165, 1.54) is 23.8 Å². The van der Waals surface area contributed by atoms with Crippen molar-refractivity contribution in [2.24, 2.45) is 0 Å². The number of rotatable bonds is 7. The molecule has 1 aliphatic heterocycles. The Kier molecular flexibility index (Phi) is 7.99.